The molecule has 26 heavy (non-hydrogen) atoms. The second kappa shape index (κ2) is 6.70. The van der Waals surface area contributed by atoms with Gasteiger partial charge in [0.1, 0.15) is 5.82 Å². The van der Waals surface area contributed by atoms with Crippen molar-refractivity contribution in [2.45, 2.75) is 6.54 Å². The Balaban J connectivity index is 1.92. The molecule has 0 saturated carbocycles. The molecule has 4 rings (SSSR count). The SMILES string of the molecule is Cn1c(-c2ccccc2)nc2nc(Br)n(Cc3ccccc3Cl)c2c1=O. The number of rotatable bonds is 3. The predicted octanol–water partition coefficient (Wildman–Crippen LogP) is 4.26. The van der Waals surface area contributed by atoms with Crippen LogP contribution < -0.4 is 5.56 Å². The summed E-state index contributed by atoms with van der Waals surface area (Å²) in [5.74, 6) is 0.581. The van der Waals surface area contributed by atoms with Crippen LogP contribution >= 0.6 is 27.5 Å². The molecule has 0 aliphatic rings. The van der Waals surface area contributed by atoms with Crippen LogP contribution in [0.2, 0.25) is 5.02 Å². The molecular formula is C19H14BrClN4O. The quantitative estimate of drug-likeness (QED) is 0.457. The van der Waals surface area contributed by atoms with Gasteiger partial charge in [0.15, 0.2) is 15.9 Å². The van der Waals surface area contributed by atoms with E-state index in [-0.39, 0.29) is 5.56 Å². The monoisotopic (exact) mass is 428 g/mol. The Labute approximate surface area is 163 Å². The van der Waals surface area contributed by atoms with E-state index >= 15 is 0 Å². The summed E-state index contributed by atoms with van der Waals surface area (Å²) in [5, 5.41) is 0.645. The Kier molecular flexibility index (Phi) is 4.38. The van der Waals surface area contributed by atoms with Gasteiger partial charge >= 0.3 is 0 Å². The van der Waals surface area contributed by atoms with Gasteiger partial charge in [0, 0.05) is 17.6 Å². The average molecular weight is 430 g/mol. The molecule has 2 aromatic heterocycles. The third-order valence-corrected chi connectivity index (χ3v) is 5.23. The Hall–Kier alpha value is -2.44. The van der Waals surface area contributed by atoms with Crippen molar-refractivity contribution in [2.75, 3.05) is 0 Å². The molecule has 0 aliphatic carbocycles. The van der Waals surface area contributed by atoms with Crippen LogP contribution in [0.25, 0.3) is 22.6 Å². The minimum absolute atomic E-state index is 0.154. The molecule has 2 heterocycles. The molecule has 2 aromatic carbocycles. The first-order chi connectivity index (χ1) is 12.6. The zero-order chi connectivity index (χ0) is 18.3. The molecule has 7 heteroatoms. The number of hydrogen-bond donors (Lipinski definition) is 0. The molecule has 0 spiro atoms. The van der Waals surface area contributed by atoms with E-state index in [1.165, 1.54) is 0 Å². The molecule has 0 N–H and O–H groups in total. The van der Waals surface area contributed by atoms with Crippen LogP contribution in [-0.4, -0.2) is 19.1 Å². The molecule has 5 nitrogen and oxygen atoms in total. The maximum absolute atomic E-state index is 13.0. The maximum atomic E-state index is 13.0. The van der Waals surface area contributed by atoms with Gasteiger partial charge in [-0.15, -0.1) is 0 Å². The summed E-state index contributed by atoms with van der Waals surface area (Å²) in [4.78, 5) is 22.1. The fourth-order valence-electron chi connectivity index (χ4n) is 2.92. The van der Waals surface area contributed by atoms with Crippen molar-refractivity contribution in [1.29, 1.82) is 0 Å². The zero-order valence-electron chi connectivity index (χ0n) is 13.9. The highest BCUT2D eigenvalue weighted by Crippen LogP contribution is 2.24. The van der Waals surface area contributed by atoms with E-state index < -0.39 is 0 Å². The highest BCUT2D eigenvalue weighted by atomic mass is 79.9. The summed E-state index contributed by atoms with van der Waals surface area (Å²) in [7, 11) is 1.72. The number of aromatic nitrogens is 4. The van der Waals surface area contributed by atoms with E-state index in [1.807, 2.05) is 54.6 Å². The van der Waals surface area contributed by atoms with Crippen LogP contribution in [0.3, 0.4) is 0 Å². The fourth-order valence-corrected chi connectivity index (χ4v) is 3.59. The second-order valence-corrected chi connectivity index (χ2v) is 7.01. The highest BCUT2D eigenvalue weighted by molar-refractivity contribution is 9.10. The number of benzene rings is 2. The molecule has 0 saturated heterocycles. The van der Waals surface area contributed by atoms with Crippen molar-refractivity contribution in [3.63, 3.8) is 0 Å². The van der Waals surface area contributed by atoms with Gasteiger partial charge in [0.05, 0.1) is 6.54 Å². The minimum Gasteiger partial charge on any atom is -0.308 e. The standard InChI is InChI=1S/C19H14BrClN4O/c1-24-17(12-7-3-2-4-8-12)22-16-15(18(24)26)25(19(20)23-16)11-13-9-5-6-10-14(13)21/h2-10H,11H2,1H3. The first-order valence-electron chi connectivity index (χ1n) is 7.98. The van der Waals surface area contributed by atoms with Gasteiger partial charge in [0.2, 0.25) is 0 Å². The zero-order valence-corrected chi connectivity index (χ0v) is 16.2. The van der Waals surface area contributed by atoms with Gasteiger partial charge in [-0.05, 0) is 27.6 Å². The van der Waals surface area contributed by atoms with E-state index in [2.05, 4.69) is 25.9 Å². The molecule has 130 valence electrons. The summed E-state index contributed by atoms with van der Waals surface area (Å²) in [5.41, 5.74) is 2.47. The topological polar surface area (TPSA) is 52.7 Å². The Morgan fingerprint density at radius 1 is 1.04 bits per heavy atom. The number of nitrogens with zero attached hydrogens (tertiary/aromatic N) is 4. The van der Waals surface area contributed by atoms with Crippen molar-refractivity contribution in [1.82, 2.24) is 19.1 Å². The molecule has 0 amide bonds. The molecular weight excluding hydrogens is 416 g/mol. The molecule has 0 unspecified atom stereocenters. The number of fused-ring (bicyclic) bond motifs is 1. The summed E-state index contributed by atoms with van der Waals surface area (Å²) in [6, 6.07) is 17.1. The van der Waals surface area contributed by atoms with Gasteiger partial charge in [-0.1, -0.05) is 60.1 Å². The Morgan fingerprint density at radius 2 is 1.73 bits per heavy atom. The summed E-state index contributed by atoms with van der Waals surface area (Å²) < 4.78 is 3.89. The first-order valence-corrected chi connectivity index (χ1v) is 9.15. The smallest absolute Gasteiger partial charge is 0.279 e. The van der Waals surface area contributed by atoms with Crippen LogP contribution in [0.4, 0.5) is 0 Å². The van der Waals surface area contributed by atoms with Crippen molar-refractivity contribution < 1.29 is 0 Å². The molecule has 0 fully saturated rings. The van der Waals surface area contributed by atoms with Crippen LogP contribution in [0.5, 0.6) is 0 Å². The molecule has 0 radical (unpaired) electrons. The number of hydrogen-bond acceptors (Lipinski definition) is 3. The minimum atomic E-state index is -0.154. The Morgan fingerprint density at radius 3 is 2.46 bits per heavy atom. The summed E-state index contributed by atoms with van der Waals surface area (Å²) in [6.07, 6.45) is 0. The van der Waals surface area contributed by atoms with Crippen molar-refractivity contribution in [2.24, 2.45) is 7.05 Å². The van der Waals surface area contributed by atoms with Crippen LogP contribution in [0.15, 0.2) is 64.1 Å². The van der Waals surface area contributed by atoms with Crippen LogP contribution in [0, 0.1) is 0 Å². The summed E-state index contributed by atoms with van der Waals surface area (Å²) in [6.45, 7) is 0.429. The van der Waals surface area contributed by atoms with Gasteiger partial charge in [-0.3, -0.25) is 9.36 Å². The van der Waals surface area contributed by atoms with Crippen molar-refractivity contribution >= 4 is 38.7 Å². The normalized spacial score (nSPS) is 11.2. The van der Waals surface area contributed by atoms with Gasteiger partial charge in [-0.25, -0.2) is 9.97 Å². The fraction of sp³-hybridized carbons (Fsp3) is 0.105. The molecule has 4 aromatic rings. The van der Waals surface area contributed by atoms with Crippen LogP contribution in [-0.2, 0) is 13.6 Å². The third-order valence-electron chi connectivity index (χ3n) is 4.26. The lowest BCUT2D eigenvalue weighted by Crippen LogP contribution is -2.22. The predicted molar refractivity (Wildman–Crippen MR) is 106 cm³/mol. The first kappa shape index (κ1) is 17.0. The molecule has 0 bridgehead atoms. The van der Waals surface area contributed by atoms with Gasteiger partial charge in [0.25, 0.3) is 5.56 Å². The van der Waals surface area contributed by atoms with Crippen LogP contribution in [0.1, 0.15) is 5.56 Å². The Bertz CT molecular complexity index is 1170. The average Bonchev–Trinajstić information content (AvgIpc) is 2.96. The number of halogens is 2. The third kappa shape index (κ3) is 2.85. The van der Waals surface area contributed by atoms with E-state index in [9.17, 15) is 4.79 Å². The van der Waals surface area contributed by atoms with E-state index in [0.29, 0.717) is 33.3 Å². The largest absolute Gasteiger partial charge is 0.308 e. The second-order valence-electron chi connectivity index (χ2n) is 5.90. The lowest BCUT2D eigenvalue weighted by atomic mass is 10.2. The summed E-state index contributed by atoms with van der Waals surface area (Å²) >= 11 is 9.72. The van der Waals surface area contributed by atoms with E-state index in [4.69, 9.17) is 11.6 Å². The van der Waals surface area contributed by atoms with Crippen molar-refractivity contribution in [3.8, 4) is 11.4 Å². The lowest BCUT2D eigenvalue weighted by Gasteiger charge is -2.10. The van der Waals surface area contributed by atoms with Gasteiger partial charge in [-0.2, -0.15) is 0 Å². The number of imidazole rings is 1. The van der Waals surface area contributed by atoms with E-state index in [0.717, 1.165) is 11.1 Å². The van der Waals surface area contributed by atoms with E-state index in [1.54, 1.807) is 16.2 Å². The molecule has 0 atom stereocenters. The maximum Gasteiger partial charge on any atom is 0.279 e. The lowest BCUT2D eigenvalue weighted by molar-refractivity contribution is 0.781. The van der Waals surface area contributed by atoms with Gasteiger partial charge < -0.3 is 4.57 Å². The molecule has 0 aliphatic heterocycles. The highest BCUT2D eigenvalue weighted by Gasteiger charge is 2.18. The van der Waals surface area contributed by atoms with Crippen molar-refractivity contribution in [3.05, 3.63) is 80.3 Å².